The molecule has 0 fully saturated rings. The van der Waals surface area contributed by atoms with Crippen molar-refractivity contribution in [3.05, 3.63) is 194 Å². The molecule has 2 aromatic heterocycles. The summed E-state index contributed by atoms with van der Waals surface area (Å²) in [7, 11) is 0. The van der Waals surface area contributed by atoms with Gasteiger partial charge in [0.25, 0.3) is 0 Å². The van der Waals surface area contributed by atoms with Gasteiger partial charge in [0.2, 0.25) is 0 Å². The molecule has 11 aromatic rings. The number of hydrogen-bond donors (Lipinski definition) is 0. The van der Waals surface area contributed by atoms with Gasteiger partial charge in [-0.15, -0.1) is 11.3 Å². The molecule has 0 bridgehead atoms. The molecule has 248 valence electrons. The van der Waals surface area contributed by atoms with Crippen LogP contribution < -0.4 is 4.90 Å². The van der Waals surface area contributed by atoms with E-state index in [1.807, 2.05) is 11.3 Å². The normalized spacial score (nSPS) is 11.8. The molecule has 0 aliphatic heterocycles. The Labute approximate surface area is 311 Å². The van der Waals surface area contributed by atoms with E-state index >= 15 is 0 Å². The molecule has 0 saturated carbocycles. The molecule has 0 aliphatic carbocycles. The van der Waals surface area contributed by atoms with Gasteiger partial charge in [-0.1, -0.05) is 146 Å². The van der Waals surface area contributed by atoms with Crippen molar-refractivity contribution < 1.29 is 0 Å². The molecule has 2 heterocycles. The van der Waals surface area contributed by atoms with Gasteiger partial charge in [0.05, 0.1) is 27.1 Å². The summed E-state index contributed by atoms with van der Waals surface area (Å²) in [6, 6.07) is 70.9. The van der Waals surface area contributed by atoms with Crippen molar-refractivity contribution in [2.24, 2.45) is 0 Å². The van der Waals surface area contributed by atoms with Gasteiger partial charge < -0.3 is 9.47 Å². The molecule has 2 nitrogen and oxygen atoms in total. The molecule has 0 unspecified atom stereocenters. The zero-order chi connectivity index (χ0) is 34.9. The second-order valence-corrected chi connectivity index (χ2v) is 14.7. The molecule has 3 heteroatoms. The van der Waals surface area contributed by atoms with Crippen LogP contribution in [0.15, 0.2) is 194 Å². The molecular formula is C50H32N2S. The van der Waals surface area contributed by atoms with E-state index in [0.29, 0.717) is 0 Å². The molecular weight excluding hydrogens is 661 g/mol. The van der Waals surface area contributed by atoms with E-state index in [1.165, 1.54) is 80.3 Å². The Morgan fingerprint density at radius 2 is 1.08 bits per heavy atom. The Morgan fingerprint density at radius 1 is 0.396 bits per heavy atom. The Morgan fingerprint density at radius 3 is 1.92 bits per heavy atom. The minimum absolute atomic E-state index is 1.11. The first-order chi connectivity index (χ1) is 26.3. The van der Waals surface area contributed by atoms with Crippen molar-refractivity contribution in [1.29, 1.82) is 0 Å². The fourth-order valence-corrected chi connectivity index (χ4v) is 9.62. The maximum atomic E-state index is 2.47. The highest BCUT2D eigenvalue weighted by molar-refractivity contribution is 7.26. The summed E-state index contributed by atoms with van der Waals surface area (Å²) in [5.41, 5.74) is 9.49. The average Bonchev–Trinajstić information content (AvgIpc) is 3.78. The molecule has 0 radical (unpaired) electrons. The molecule has 0 atom stereocenters. The quantitative estimate of drug-likeness (QED) is 0.174. The summed E-state index contributed by atoms with van der Waals surface area (Å²) in [6.45, 7) is 0. The van der Waals surface area contributed by atoms with E-state index in [1.54, 1.807) is 0 Å². The van der Waals surface area contributed by atoms with E-state index < -0.39 is 0 Å². The summed E-state index contributed by atoms with van der Waals surface area (Å²) < 4.78 is 5.02. The highest BCUT2D eigenvalue weighted by atomic mass is 32.1. The predicted octanol–water partition coefficient (Wildman–Crippen LogP) is 14.6. The summed E-state index contributed by atoms with van der Waals surface area (Å²) in [6.07, 6.45) is 0. The number of aromatic nitrogens is 1. The van der Waals surface area contributed by atoms with E-state index in [4.69, 9.17) is 0 Å². The molecule has 9 aromatic carbocycles. The first kappa shape index (κ1) is 30.0. The Kier molecular flexibility index (Phi) is 6.76. The smallest absolute Gasteiger partial charge is 0.0640 e. The van der Waals surface area contributed by atoms with Crippen LogP contribution in [0.4, 0.5) is 17.1 Å². The Hall–Kier alpha value is -6.68. The van der Waals surface area contributed by atoms with Crippen molar-refractivity contribution >= 4 is 91.9 Å². The van der Waals surface area contributed by atoms with E-state index in [-0.39, 0.29) is 0 Å². The Bertz CT molecular complexity index is 3170. The third kappa shape index (κ3) is 4.64. The molecule has 0 amide bonds. The van der Waals surface area contributed by atoms with Crippen LogP contribution in [0.1, 0.15) is 0 Å². The van der Waals surface area contributed by atoms with Crippen LogP contribution in [-0.4, -0.2) is 4.57 Å². The van der Waals surface area contributed by atoms with Gasteiger partial charge in [0, 0.05) is 48.4 Å². The van der Waals surface area contributed by atoms with Crippen LogP contribution in [0.5, 0.6) is 0 Å². The third-order valence-electron chi connectivity index (χ3n) is 10.8. The second kappa shape index (κ2) is 11.9. The lowest BCUT2D eigenvalue weighted by molar-refractivity contribution is 1.18. The number of hydrogen-bond acceptors (Lipinski definition) is 2. The third-order valence-corrected chi connectivity index (χ3v) is 12.0. The summed E-state index contributed by atoms with van der Waals surface area (Å²) in [5, 5.41) is 10.1. The first-order valence-electron chi connectivity index (χ1n) is 18.1. The lowest BCUT2D eigenvalue weighted by atomic mass is 9.96. The van der Waals surface area contributed by atoms with Crippen molar-refractivity contribution in [3.63, 3.8) is 0 Å². The monoisotopic (exact) mass is 692 g/mol. The number of thiophene rings is 1. The first-order valence-corrected chi connectivity index (χ1v) is 18.9. The summed E-state index contributed by atoms with van der Waals surface area (Å²) in [5.74, 6) is 0. The van der Waals surface area contributed by atoms with Gasteiger partial charge in [-0.25, -0.2) is 0 Å². The van der Waals surface area contributed by atoms with Gasteiger partial charge in [0.15, 0.2) is 0 Å². The van der Waals surface area contributed by atoms with Gasteiger partial charge in [0.1, 0.15) is 0 Å². The number of benzene rings is 9. The largest absolute Gasteiger partial charge is 0.309 e. The molecule has 0 spiro atoms. The topological polar surface area (TPSA) is 8.17 Å². The maximum absolute atomic E-state index is 2.47. The zero-order valence-electron chi connectivity index (χ0n) is 28.8. The van der Waals surface area contributed by atoms with Crippen LogP contribution >= 0.6 is 11.3 Å². The lowest BCUT2D eigenvalue weighted by Crippen LogP contribution is -2.11. The highest BCUT2D eigenvalue weighted by Gasteiger charge is 2.22. The fourth-order valence-electron chi connectivity index (χ4n) is 8.41. The molecule has 0 N–H and O–H groups in total. The zero-order valence-corrected chi connectivity index (χ0v) is 29.6. The van der Waals surface area contributed by atoms with Crippen LogP contribution in [0.25, 0.3) is 80.3 Å². The summed E-state index contributed by atoms with van der Waals surface area (Å²) >= 11 is 1.87. The SMILES string of the molecule is c1ccc(-c2ccc(N(c3ccc(-n4c5ccccc5c5ccc6ccccc6c54)cc3)c3cccc4c3sc3ccccc34)c3ccccc23)cc1. The van der Waals surface area contributed by atoms with Crippen LogP contribution in [0.2, 0.25) is 0 Å². The molecule has 11 rings (SSSR count). The molecule has 53 heavy (non-hydrogen) atoms. The minimum Gasteiger partial charge on any atom is -0.309 e. The molecule has 0 saturated heterocycles. The van der Waals surface area contributed by atoms with E-state index in [0.717, 1.165) is 17.1 Å². The van der Waals surface area contributed by atoms with Gasteiger partial charge >= 0.3 is 0 Å². The van der Waals surface area contributed by atoms with Crippen molar-refractivity contribution in [2.45, 2.75) is 0 Å². The van der Waals surface area contributed by atoms with E-state index in [2.05, 4.69) is 204 Å². The average molecular weight is 693 g/mol. The van der Waals surface area contributed by atoms with Crippen LogP contribution in [0.3, 0.4) is 0 Å². The molecule has 0 aliphatic rings. The van der Waals surface area contributed by atoms with Gasteiger partial charge in [-0.2, -0.15) is 0 Å². The second-order valence-electron chi connectivity index (χ2n) is 13.7. The number of anilines is 3. The predicted molar refractivity (Wildman–Crippen MR) is 229 cm³/mol. The van der Waals surface area contributed by atoms with Gasteiger partial charge in [-0.05, 0) is 70.4 Å². The van der Waals surface area contributed by atoms with Crippen LogP contribution in [-0.2, 0) is 0 Å². The number of para-hydroxylation sites is 1. The van der Waals surface area contributed by atoms with Gasteiger partial charge in [-0.3, -0.25) is 0 Å². The van der Waals surface area contributed by atoms with Crippen molar-refractivity contribution in [3.8, 4) is 16.8 Å². The Balaban J connectivity index is 1.16. The van der Waals surface area contributed by atoms with Crippen molar-refractivity contribution in [1.82, 2.24) is 4.57 Å². The summed E-state index contributed by atoms with van der Waals surface area (Å²) in [4.78, 5) is 2.47. The van der Waals surface area contributed by atoms with Crippen molar-refractivity contribution in [2.75, 3.05) is 4.90 Å². The standard InChI is InChI=1S/C50H32N2S/c1-2-13-33(14-3-1)37-31-32-46(40-18-7-6-17-39(37)40)51(47-23-12-21-44-42-20-9-11-24-48(42)53-50(44)47)35-26-28-36(29-27-35)52-45-22-10-8-19-41(45)43-30-25-34-15-4-5-16-38(34)49(43)52/h1-32H. The lowest BCUT2D eigenvalue weighted by Gasteiger charge is -2.28. The number of rotatable bonds is 5. The minimum atomic E-state index is 1.11. The van der Waals surface area contributed by atoms with E-state index in [9.17, 15) is 0 Å². The van der Waals surface area contributed by atoms with Crippen LogP contribution in [0, 0.1) is 0 Å². The number of fused-ring (bicyclic) bond motifs is 9. The highest BCUT2D eigenvalue weighted by Crippen LogP contribution is 2.48. The maximum Gasteiger partial charge on any atom is 0.0640 e. The fraction of sp³-hybridized carbons (Fsp3) is 0. The number of nitrogens with zero attached hydrogens (tertiary/aromatic N) is 2.